The number of nitrogens with zero attached hydrogens (tertiary/aromatic N) is 2. The van der Waals surface area contributed by atoms with Gasteiger partial charge in [0.15, 0.2) is 0 Å². The zero-order valence-electron chi connectivity index (χ0n) is 9.59. The summed E-state index contributed by atoms with van der Waals surface area (Å²) >= 11 is 0. The Hall–Kier alpha value is -1.83. The first kappa shape index (κ1) is 12.6. The van der Waals surface area contributed by atoms with E-state index in [1.54, 1.807) is 0 Å². The first-order valence-corrected chi connectivity index (χ1v) is 5.48. The second-order valence-electron chi connectivity index (χ2n) is 4.58. The average molecular weight is 252 g/mol. The van der Waals surface area contributed by atoms with E-state index >= 15 is 0 Å². The van der Waals surface area contributed by atoms with Gasteiger partial charge in [0.05, 0.1) is 11.0 Å². The van der Waals surface area contributed by atoms with E-state index in [0.717, 1.165) is 0 Å². The minimum absolute atomic E-state index is 0.0219. The van der Waals surface area contributed by atoms with Gasteiger partial charge in [-0.2, -0.15) is 18.4 Å². The van der Waals surface area contributed by atoms with E-state index in [9.17, 15) is 13.2 Å². The Morgan fingerprint density at radius 3 is 2.61 bits per heavy atom. The Kier molecular flexibility index (Phi) is 2.89. The highest BCUT2D eigenvalue weighted by molar-refractivity contribution is 5.37. The molecule has 1 saturated carbocycles. The highest BCUT2D eigenvalue weighted by Gasteiger charge is 2.57. The highest BCUT2D eigenvalue weighted by Crippen LogP contribution is 2.53. The summed E-state index contributed by atoms with van der Waals surface area (Å²) in [6, 6.07) is 3.10. The van der Waals surface area contributed by atoms with Crippen LogP contribution in [0.3, 0.4) is 0 Å². The molecule has 0 bridgehead atoms. The number of hydrogen-bond donors (Lipinski definition) is 0. The van der Waals surface area contributed by atoms with Gasteiger partial charge in [-0.25, -0.2) is 0 Å². The third-order valence-corrected chi connectivity index (χ3v) is 3.42. The van der Waals surface area contributed by atoms with E-state index < -0.39 is 11.6 Å². The number of allylic oxidation sites excluding steroid dienone is 1. The summed E-state index contributed by atoms with van der Waals surface area (Å²) in [5.74, 6) is 0. The molecule has 1 aliphatic rings. The van der Waals surface area contributed by atoms with Gasteiger partial charge in [0.25, 0.3) is 0 Å². The first-order valence-electron chi connectivity index (χ1n) is 5.48. The van der Waals surface area contributed by atoms with Crippen molar-refractivity contribution in [1.82, 2.24) is 4.98 Å². The summed E-state index contributed by atoms with van der Waals surface area (Å²) < 4.78 is 40.1. The van der Waals surface area contributed by atoms with Crippen LogP contribution in [0.4, 0.5) is 13.2 Å². The molecule has 0 radical (unpaired) electrons. The smallest absolute Gasteiger partial charge is 0.263 e. The quantitative estimate of drug-likeness (QED) is 0.717. The Bertz CT molecular complexity index is 528. The third kappa shape index (κ3) is 1.88. The summed E-state index contributed by atoms with van der Waals surface area (Å²) in [4.78, 5) is 3.73. The van der Waals surface area contributed by atoms with Gasteiger partial charge < -0.3 is 0 Å². The molecule has 18 heavy (non-hydrogen) atoms. The number of nitriles is 1. The molecule has 1 fully saturated rings. The topological polar surface area (TPSA) is 36.7 Å². The normalized spacial score (nSPS) is 24.0. The summed E-state index contributed by atoms with van der Waals surface area (Å²) in [7, 11) is 0. The van der Waals surface area contributed by atoms with Crippen molar-refractivity contribution in [3.8, 4) is 6.07 Å². The van der Waals surface area contributed by atoms with Gasteiger partial charge in [-0.1, -0.05) is 12.2 Å². The first-order chi connectivity index (χ1) is 8.39. The van der Waals surface area contributed by atoms with Crippen LogP contribution in [0.25, 0.3) is 0 Å². The molecule has 1 heterocycles. The second kappa shape index (κ2) is 4.13. The van der Waals surface area contributed by atoms with E-state index in [1.807, 2.05) is 6.07 Å². The number of pyridine rings is 1. The van der Waals surface area contributed by atoms with Crippen molar-refractivity contribution >= 4 is 0 Å². The van der Waals surface area contributed by atoms with Crippen LogP contribution < -0.4 is 0 Å². The minimum Gasteiger partial charge on any atom is -0.263 e. The fourth-order valence-electron chi connectivity index (χ4n) is 2.41. The van der Waals surface area contributed by atoms with Gasteiger partial charge >= 0.3 is 6.18 Å². The van der Waals surface area contributed by atoms with Crippen LogP contribution in [0.2, 0.25) is 0 Å². The molecular formula is C13H11F3N2. The molecule has 94 valence electrons. The van der Waals surface area contributed by atoms with Crippen molar-refractivity contribution in [2.45, 2.75) is 30.9 Å². The van der Waals surface area contributed by atoms with Crippen molar-refractivity contribution in [2.75, 3.05) is 0 Å². The third-order valence-electron chi connectivity index (χ3n) is 3.42. The zero-order chi connectivity index (χ0) is 13.4. The monoisotopic (exact) mass is 252 g/mol. The number of rotatable bonds is 1. The standard InChI is InChI=1S/C13H11F3N2/c1-9-2-3-12(5-9,13(14,15)16)11-4-10(6-17)7-18-8-11/h4,7-8H,1-3,5H2. The summed E-state index contributed by atoms with van der Waals surface area (Å²) in [5.41, 5.74) is -1.12. The lowest BCUT2D eigenvalue weighted by atomic mass is 9.78. The molecule has 1 unspecified atom stereocenters. The van der Waals surface area contributed by atoms with Gasteiger partial charge in [0.1, 0.15) is 6.07 Å². The fourth-order valence-corrected chi connectivity index (χ4v) is 2.41. The SMILES string of the molecule is C=C1CCC(c2cncc(C#N)c2)(C(F)(F)F)C1. The molecule has 0 spiro atoms. The van der Waals surface area contributed by atoms with Gasteiger partial charge in [0.2, 0.25) is 0 Å². The maximum absolute atomic E-state index is 13.4. The van der Waals surface area contributed by atoms with Gasteiger partial charge in [-0.15, -0.1) is 0 Å². The summed E-state index contributed by atoms with van der Waals surface area (Å²) in [6.45, 7) is 3.65. The molecule has 1 aromatic rings. The Morgan fingerprint density at radius 2 is 2.11 bits per heavy atom. The molecule has 5 heteroatoms. The second-order valence-corrected chi connectivity index (χ2v) is 4.58. The fraction of sp³-hybridized carbons (Fsp3) is 0.385. The van der Waals surface area contributed by atoms with Crippen molar-refractivity contribution in [3.63, 3.8) is 0 Å². The van der Waals surface area contributed by atoms with Crippen LogP contribution in [0.1, 0.15) is 30.4 Å². The van der Waals surface area contributed by atoms with E-state index in [0.29, 0.717) is 12.0 Å². The van der Waals surface area contributed by atoms with E-state index in [4.69, 9.17) is 5.26 Å². The molecule has 1 atom stereocenters. The van der Waals surface area contributed by atoms with Crippen molar-refractivity contribution in [2.24, 2.45) is 0 Å². The number of alkyl halides is 3. The average Bonchev–Trinajstić information content (AvgIpc) is 2.72. The largest absolute Gasteiger partial charge is 0.398 e. The lowest BCUT2D eigenvalue weighted by Gasteiger charge is -2.31. The van der Waals surface area contributed by atoms with E-state index in [-0.39, 0.29) is 24.0 Å². The molecule has 0 saturated heterocycles. The van der Waals surface area contributed by atoms with E-state index in [2.05, 4.69) is 11.6 Å². The molecule has 0 aliphatic heterocycles. The predicted octanol–water partition coefficient (Wildman–Crippen LogP) is 3.49. The molecule has 1 aliphatic carbocycles. The highest BCUT2D eigenvalue weighted by atomic mass is 19.4. The van der Waals surface area contributed by atoms with Crippen molar-refractivity contribution in [3.05, 3.63) is 41.7 Å². The molecule has 0 aromatic carbocycles. The van der Waals surface area contributed by atoms with E-state index in [1.165, 1.54) is 18.5 Å². The predicted molar refractivity (Wildman–Crippen MR) is 59.7 cm³/mol. The van der Waals surface area contributed by atoms with Crippen LogP contribution in [0.15, 0.2) is 30.6 Å². The molecule has 2 rings (SSSR count). The van der Waals surface area contributed by atoms with Gasteiger partial charge in [-0.05, 0) is 30.9 Å². The number of aromatic nitrogens is 1. The summed E-state index contributed by atoms with van der Waals surface area (Å²) in [5, 5.41) is 8.75. The van der Waals surface area contributed by atoms with Crippen LogP contribution >= 0.6 is 0 Å². The van der Waals surface area contributed by atoms with Crippen molar-refractivity contribution in [1.29, 1.82) is 5.26 Å². The van der Waals surface area contributed by atoms with Crippen LogP contribution in [0, 0.1) is 11.3 Å². The lowest BCUT2D eigenvalue weighted by Crippen LogP contribution is -2.40. The summed E-state index contributed by atoms with van der Waals surface area (Å²) in [6.07, 6.45) is -1.68. The molecule has 0 N–H and O–H groups in total. The molecule has 0 amide bonds. The van der Waals surface area contributed by atoms with Crippen LogP contribution in [-0.2, 0) is 5.41 Å². The van der Waals surface area contributed by atoms with Crippen LogP contribution in [0.5, 0.6) is 0 Å². The number of hydrogen-bond acceptors (Lipinski definition) is 2. The van der Waals surface area contributed by atoms with Crippen LogP contribution in [-0.4, -0.2) is 11.2 Å². The Morgan fingerprint density at radius 1 is 1.39 bits per heavy atom. The maximum Gasteiger partial charge on any atom is 0.398 e. The zero-order valence-corrected chi connectivity index (χ0v) is 9.59. The number of halogens is 3. The molecule has 2 nitrogen and oxygen atoms in total. The minimum atomic E-state index is -4.36. The maximum atomic E-state index is 13.4. The lowest BCUT2D eigenvalue weighted by molar-refractivity contribution is -0.188. The van der Waals surface area contributed by atoms with Gasteiger partial charge in [0, 0.05) is 12.4 Å². The molecule has 1 aromatic heterocycles. The molecular weight excluding hydrogens is 241 g/mol. The van der Waals surface area contributed by atoms with Crippen molar-refractivity contribution < 1.29 is 13.2 Å². The Labute approximate surface area is 103 Å². The van der Waals surface area contributed by atoms with Gasteiger partial charge in [-0.3, -0.25) is 4.98 Å². The Balaban J connectivity index is 2.55.